The molecule has 15 heavy (non-hydrogen) atoms. The van der Waals surface area contributed by atoms with Crippen molar-refractivity contribution in [3.8, 4) is 0 Å². The SMILES string of the molecule is CC(=O)CCc1nc2ccc(F)cc2[nH]1. The Kier molecular flexibility index (Phi) is 2.49. The topological polar surface area (TPSA) is 45.8 Å². The summed E-state index contributed by atoms with van der Waals surface area (Å²) in [6.07, 6.45) is 1.04. The van der Waals surface area contributed by atoms with Crippen molar-refractivity contribution < 1.29 is 9.18 Å². The van der Waals surface area contributed by atoms with Gasteiger partial charge in [0.25, 0.3) is 0 Å². The summed E-state index contributed by atoms with van der Waals surface area (Å²) in [5.74, 6) is 0.566. The summed E-state index contributed by atoms with van der Waals surface area (Å²) < 4.78 is 12.9. The molecule has 0 spiro atoms. The Morgan fingerprint density at radius 1 is 1.53 bits per heavy atom. The Hall–Kier alpha value is -1.71. The molecule has 0 unspecified atom stereocenters. The zero-order valence-corrected chi connectivity index (χ0v) is 8.38. The van der Waals surface area contributed by atoms with Crippen LogP contribution in [0.3, 0.4) is 0 Å². The van der Waals surface area contributed by atoms with Crippen LogP contribution < -0.4 is 0 Å². The van der Waals surface area contributed by atoms with Gasteiger partial charge < -0.3 is 9.78 Å². The van der Waals surface area contributed by atoms with Crippen LogP contribution in [-0.2, 0) is 11.2 Å². The zero-order valence-electron chi connectivity index (χ0n) is 8.38. The van der Waals surface area contributed by atoms with Crippen LogP contribution in [0, 0.1) is 5.82 Å². The van der Waals surface area contributed by atoms with Gasteiger partial charge in [-0.1, -0.05) is 0 Å². The third kappa shape index (κ3) is 2.21. The second-order valence-electron chi connectivity index (χ2n) is 3.55. The molecule has 0 aliphatic heterocycles. The highest BCUT2D eigenvalue weighted by molar-refractivity contribution is 5.77. The van der Waals surface area contributed by atoms with Crippen molar-refractivity contribution in [2.45, 2.75) is 19.8 Å². The average Bonchev–Trinajstić information content (AvgIpc) is 2.56. The predicted molar refractivity (Wildman–Crippen MR) is 55.1 cm³/mol. The van der Waals surface area contributed by atoms with E-state index in [0.29, 0.717) is 18.4 Å². The number of aromatic nitrogens is 2. The van der Waals surface area contributed by atoms with E-state index in [1.807, 2.05) is 0 Å². The van der Waals surface area contributed by atoms with Gasteiger partial charge in [0.05, 0.1) is 11.0 Å². The number of halogens is 1. The second-order valence-corrected chi connectivity index (χ2v) is 3.55. The number of fused-ring (bicyclic) bond motifs is 1. The van der Waals surface area contributed by atoms with Gasteiger partial charge in [0.1, 0.15) is 17.4 Å². The number of imidazole rings is 1. The summed E-state index contributed by atoms with van der Waals surface area (Å²) >= 11 is 0. The van der Waals surface area contributed by atoms with Crippen LogP contribution in [0.25, 0.3) is 11.0 Å². The van der Waals surface area contributed by atoms with Gasteiger partial charge in [-0.2, -0.15) is 0 Å². The van der Waals surface area contributed by atoms with Crippen molar-refractivity contribution in [2.24, 2.45) is 0 Å². The molecular formula is C11H11FN2O. The van der Waals surface area contributed by atoms with Gasteiger partial charge in [-0.25, -0.2) is 9.37 Å². The van der Waals surface area contributed by atoms with Crippen molar-refractivity contribution in [3.63, 3.8) is 0 Å². The summed E-state index contributed by atoms with van der Waals surface area (Å²) in [6.45, 7) is 1.54. The third-order valence-corrected chi connectivity index (χ3v) is 2.21. The number of nitrogens with one attached hydrogen (secondary N) is 1. The summed E-state index contributed by atoms with van der Waals surface area (Å²) in [5.41, 5.74) is 1.41. The van der Waals surface area contributed by atoms with Gasteiger partial charge in [-0.15, -0.1) is 0 Å². The number of hydrogen-bond acceptors (Lipinski definition) is 2. The number of carbonyl (C=O) groups excluding carboxylic acids is 1. The molecule has 2 rings (SSSR count). The van der Waals surface area contributed by atoms with Crippen molar-refractivity contribution >= 4 is 16.8 Å². The molecule has 0 aliphatic carbocycles. The Morgan fingerprint density at radius 2 is 2.33 bits per heavy atom. The molecule has 0 bridgehead atoms. The van der Waals surface area contributed by atoms with Gasteiger partial charge in [0, 0.05) is 12.8 Å². The fraction of sp³-hybridized carbons (Fsp3) is 0.273. The van der Waals surface area contributed by atoms with E-state index >= 15 is 0 Å². The molecular weight excluding hydrogens is 195 g/mol. The molecule has 4 heteroatoms. The van der Waals surface area contributed by atoms with Crippen molar-refractivity contribution in [1.29, 1.82) is 0 Å². The maximum atomic E-state index is 12.9. The van der Waals surface area contributed by atoms with Crippen LogP contribution in [0.1, 0.15) is 19.2 Å². The first-order chi connectivity index (χ1) is 7.15. The van der Waals surface area contributed by atoms with Crippen LogP contribution >= 0.6 is 0 Å². The maximum absolute atomic E-state index is 12.9. The van der Waals surface area contributed by atoms with E-state index in [1.165, 1.54) is 12.1 Å². The summed E-state index contributed by atoms with van der Waals surface area (Å²) in [5, 5.41) is 0. The van der Waals surface area contributed by atoms with Crippen LogP contribution in [-0.4, -0.2) is 15.8 Å². The molecule has 1 aromatic heterocycles. The molecule has 2 aromatic rings. The second kappa shape index (κ2) is 3.81. The van der Waals surface area contributed by atoms with Gasteiger partial charge in [-0.05, 0) is 25.1 Å². The Labute approximate surface area is 86.3 Å². The fourth-order valence-corrected chi connectivity index (χ4v) is 1.45. The van der Waals surface area contributed by atoms with E-state index < -0.39 is 0 Å². The van der Waals surface area contributed by atoms with Crippen LogP contribution in [0.4, 0.5) is 4.39 Å². The summed E-state index contributed by atoms with van der Waals surface area (Å²) in [6, 6.07) is 4.40. The van der Waals surface area contributed by atoms with Crippen LogP contribution in [0.15, 0.2) is 18.2 Å². The first-order valence-corrected chi connectivity index (χ1v) is 4.79. The van der Waals surface area contributed by atoms with Crippen molar-refractivity contribution in [2.75, 3.05) is 0 Å². The van der Waals surface area contributed by atoms with E-state index in [9.17, 15) is 9.18 Å². The molecule has 0 saturated heterocycles. The largest absolute Gasteiger partial charge is 0.342 e. The molecule has 0 atom stereocenters. The summed E-state index contributed by atoms with van der Waals surface area (Å²) in [4.78, 5) is 18.0. The molecule has 0 radical (unpaired) electrons. The number of Topliss-reactive ketones (excluding diaryl/α,β-unsaturated/α-hetero) is 1. The Bertz CT molecular complexity index is 504. The number of benzene rings is 1. The highest BCUT2D eigenvalue weighted by Crippen LogP contribution is 2.13. The normalized spacial score (nSPS) is 10.8. The minimum atomic E-state index is -0.288. The molecule has 78 valence electrons. The van der Waals surface area contributed by atoms with Crippen molar-refractivity contribution in [1.82, 2.24) is 9.97 Å². The zero-order chi connectivity index (χ0) is 10.8. The molecule has 3 nitrogen and oxygen atoms in total. The van der Waals surface area contributed by atoms with E-state index in [4.69, 9.17) is 0 Å². The van der Waals surface area contributed by atoms with E-state index in [-0.39, 0.29) is 11.6 Å². The molecule has 0 saturated carbocycles. The fourth-order valence-electron chi connectivity index (χ4n) is 1.45. The standard InChI is InChI=1S/C11H11FN2O/c1-7(15)2-5-11-13-9-4-3-8(12)6-10(9)14-11/h3-4,6H,2,5H2,1H3,(H,13,14). The molecule has 0 aliphatic rings. The predicted octanol–water partition coefficient (Wildman–Crippen LogP) is 2.22. The maximum Gasteiger partial charge on any atom is 0.130 e. The highest BCUT2D eigenvalue weighted by Gasteiger charge is 2.04. The average molecular weight is 206 g/mol. The van der Waals surface area contributed by atoms with E-state index in [0.717, 1.165) is 11.3 Å². The first-order valence-electron chi connectivity index (χ1n) is 4.79. The molecule has 1 N–H and O–H groups in total. The number of ketones is 1. The lowest BCUT2D eigenvalue weighted by atomic mass is 10.2. The Balaban J connectivity index is 2.27. The molecule has 1 aromatic carbocycles. The van der Waals surface area contributed by atoms with E-state index in [1.54, 1.807) is 13.0 Å². The first kappa shape index (κ1) is 9.83. The molecule has 1 heterocycles. The number of aryl methyl sites for hydroxylation is 1. The number of hydrogen-bond donors (Lipinski definition) is 1. The number of rotatable bonds is 3. The van der Waals surface area contributed by atoms with E-state index in [2.05, 4.69) is 9.97 Å². The summed E-state index contributed by atoms with van der Waals surface area (Å²) in [7, 11) is 0. The van der Waals surface area contributed by atoms with Gasteiger partial charge in [0.2, 0.25) is 0 Å². The third-order valence-electron chi connectivity index (χ3n) is 2.21. The highest BCUT2D eigenvalue weighted by atomic mass is 19.1. The number of aromatic amines is 1. The van der Waals surface area contributed by atoms with Crippen LogP contribution in [0.2, 0.25) is 0 Å². The minimum absolute atomic E-state index is 0.127. The Morgan fingerprint density at radius 3 is 3.07 bits per heavy atom. The molecule has 0 fully saturated rings. The smallest absolute Gasteiger partial charge is 0.130 e. The monoisotopic (exact) mass is 206 g/mol. The number of carbonyl (C=O) groups is 1. The number of nitrogens with zero attached hydrogens (tertiary/aromatic N) is 1. The van der Waals surface area contributed by atoms with Gasteiger partial charge in [-0.3, -0.25) is 0 Å². The minimum Gasteiger partial charge on any atom is -0.342 e. The lowest BCUT2D eigenvalue weighted by Gasteiger charge is -1.90. The number of H-pyrrole nitrogens is 1. The lowest BCUT2D eigenvalue weighted by Crippen LogP contribution is -1.95. The quantitative estimate of drug-likeness (QED) is 0.836. The van der Waals surface area contributed by atoms with Gasteiger partial charge in [0.15, 0.2) is 0 Å². The van der Waals surface area contributed by atoms with Gasteiger partial charge >= 0.3 is 0 Å². The lowest BCUT2D eigenvalue weighted by molar-refractivity contribution is -0.117. The van der Waals surface area contributed by atoms with Crippen LogP contribution in [0.5, 0.6) is 0 Å². The molecule has 0 amide bonds. The van der Waals surface area contributed by atoms with Crippen molar-refractivity contribution in [3.05, 3.63) is 29.8 Å².